The Morgan fingerprint density at radius 1 is 0.704 bits per heavy atom. The molecule has 2 amide bonds. The van der Waals surface area contributed by atoms with E-state index >= 15 is 0 Å². The van der Waals surface area contributed by atoms with Gasteiger partial charge in [-0.05, 0) is 56.4 Å². The number of benzene rings is 2. The second kappa shape index (κ2) is 7.03. The van der Waals surface area contributed by atoms with Gasteiger partial charge in [0.1, 0.15) is 0 Å². The number of aryl methyl sites for hydroxylation is 2. The summed E-state index contributed by atoms with van der Waals surface area (Å²) in [5, 5.41) is 6.00. The lowest BCUT2D eigenvalue weighted by Crippen LogP contribution is -2.39. The van der Waals surface area contributed by atoms with Crippen LogP contribution in [0.1, 0.15) is 17.5 Å². The molecular formula is C23H24N2O2. The van der Waals surface area contributed by atoms with E-state index in [-0.39, 0.29) is 35.5 Å². The summed E-state index contributed by atoms with van der Waals surface area (Å²) in [6.07, 6.45) is 5.07. The van der Waals surface area contributed by atoms with Gasteiger partial charge in [0.2, 0.25) is 11.8 Å². The predicted molar refractivity (Wildman–Crippen MR) is 107 cm³/mol. The second-order valence-corrected chi connectivity index (χ2v) is 7.71. The third-order valence-electron chi connectivity index (χ3n) is 5.70. The summed E-state index contributed by atoms with van der Waals surface area (Å²) >= 11 is 0. The molecule has 0 heterocycles. The van der Waals surface area contributed by atoms with Crippen molar-refractivity contribution >= 4 is 23.2 Å². The van der Waals surface area contributed by atoms with Crippen molar-refractivity contribution in [3.05, 3.63) is 71.8 Å². The summed E-state index contributed by atoms with van der Waals surface area (Å²) in [7, 11) is 0. The molecule has 0 spiro atoms. The number of anilines is 2. The van der Waals surface area contributed by atoms with Gasteiger partial charge in [0, 0.05) is 11.4 Å². The highest BCUT2D eigenvalue weighted by molar-refractivity contribution is 6.01. The molecule has 4 nitrogen and oxygen atoms in total. The first-order chi connectivity index (χ1) is 13.0. The predicted octanol–water partition coefficient (Wildman–Crippen LogP) is 4.32. The Hall–Kier alpha value is -2.88. The van der Waals surface area contributed by atoms with Gasteiger partial charge < -0.3 is 10.6 Å². The van der Waals surface area contributed by atoms with Gasteiger partial charge in [0.25, 0.3) is 0 Å². The van der Waals surface area contributed by atoms with Gasteiger partial charge in [-0.25, -0.2) is 0 Å². The lowest BCUT2D eigenvalue weighted by atomic mass is 9.81. The highest BCUT2D eigenvalue weighted by Crippen LogP contribution is 2.48. The first-order valence-electron chi connectivity index (χ1n) is 9.44. The Labute approximate surface area is 159 Å². The van der Waals surface area contributed by atoms with Crippen LogP contribution in [-0.4, -0.2) is 11.8 Å². The van der Waals surface area contributed by atoms with Crippen LogP contribution in [0.5, 0.6) is 0 Å². The van der Waals surface area contributed by atoms with Crippen LogP contribution in [-0.2, 0) is 9.59 Å². The number of rotatable bonds is 4. The molecule has 4 heteroatoms. The molecule has 2 aromatic carbocycles. The molecule has 0 radical (unpaired) electrons. The van der Waals surface area contributed by atoms with Crippen molar-refractivity contribution in [3.63, 3.8) is 0 Å². The maximum atomic E-state index is 13.0. The number of hydrogen-bond acceptors (Lipinski definition) is 2. The minimum Gasteiger partial charge on any atom is -0.326 e. The van der Waals surface area contributed by atoms with E-state index in [0.29, 0.717) is 0 Å². The number of carbonyl (C=O) groups is 2. The van der Waals surface area contributed by atoms with Gasteiger partial charge in [-0.2, -0.15) is 0 Å². The van der Waals surface area contributed by atoms with E-state index in [4.69, 9.17) is 0 Å². The average Bonchev–Trinajstić information content (AvgIpc) is 3.27. The number of fused-ring (bicyclic) bond motifs is 2. The van der Waals surface area contributed by atoms with Gasteiger partial charge in [-0.3, -0.25) is 9.59 Å². The fraction of sp³-hybridized carbons (Fsp3) is 0.304. The SMILES string of the molecule is Cc1ccc(NC(=O)[C@@H]2[C@H](C(=O)Nc3ccc(C)cc3)[C@H]3C=C[C@@H]2C3)cc1. The van der Waals surface area contributed by atoms with Crippen molar-refractivity contribution in [1.29, 1.82) is 0 Å². The Balaban J connectivity index is 1.51. The summed E-state index contributed by atoms with van der Waals surface area (Å²) in [5.74, 6) is -0.526. The van der Waals surface area contributed by atoms with Crippen molar-refractivity contribution < 1.29 is 9.59 Å². The van der Waals surface area contributed by atoms with Crippen LogP contribution in [0.25, 0.3) is 0 Å². The van der Waals surface area contributed by atoms with Crippen LogP contribution < -0.4 is 10.6 Å². The lowest BCUT2D eigenvalue weighted by molar-refractivity contribution is -0.129. The van der Waals surface area contributed by atoms with Crippen LogP contribution in [0.15, 0.2) is 60.7 Å². The molecule has 138 valence electrons. The first kappa shape index (κ1) is 17.5. The van der Waals surface area contributed by atoms with Crippen LogP contribution in [0.3, 0.4) is 0 Å². The van der Waals surface area contributed by atoms with Gasteiger partial charge in [-0.1, -0.05) is 47.5 Å². The van der Waals surface area contributed by atoms with Gasteiger partial charge >= 0.3 is 0 Å². The molecule has 2 bridgehead atoms. The fourth-order valence-corrected chi connectivity index (χ4v) is 4.26. The summed E-state index contributed by atoms with van der Waals surface area (Å²) < 4.78 is 0. The summed E-state index contributed by atoms with van der Waals surface area (Å²) in [6.45, 7) is 4.02. The molecule has 0 unspecified atom stereocenters. The minimum absolute atomic E-state index is 0.0697. The third-order valence-corrected chi connectivity index (χ3v) is 5.70. The van der Waals surface area contributed by atoms with Crippen molar-refractivity contribution in [2.24, 2.45) is 23.7 Å². The molecule has 0 saturated heterocycles. The van der Waals surface area contributed by atoms with Gasteiger partial charge in [0.05, 0.1) is 11.8 Å². The topological polar surface area (TPSA) is 58.2 Å². The molecule has 2 aliphatic rings. The number of carbonyl (C=O) groups excluding carboxylic acids is 2. The van der Waals surface area contributed by atoms with E-state index < -0.39 is 0 Å². The molecule has 4 rings (SSSR count). The number of amides is 2. The zero-order valence-electron chi connectivity index (χ0n) is 15.6. The van der Waals surface area contributed by atoms with Crippen molar-refractivity contribution in [2.45, 2.75) is 20.3 Å². The van der Waals surface area contributed by atoms with Crippen LogP contribution in [0.2, 0.25) is 0 Å². The number of allylic oxidation sites excluding steroid dienone is 2. The molecule has 1 fully saturated rings. The van der Waals surface area contributed by atoms with Crippen molar-refractivity contribution in [3.8, 4) is 0 Å². The van der Waals surface area contributed by atoms with Crippen LogP contribution >= 0.6 is 0 Å². The molecule has 2 N–H and O–H groups in total. The zero-order valence-corrected chi connectivity index (χ0v) is 15.6. The normalized spacial score (nSPS) is 25.4. The second-order valence-electron chi connectivity index (χ2n) is 7.71. The Morgan fingerprint density at radius 2 is 1.07 bits per heavy atom. The molecule has 2 aromatic rings. The van der Waals surface area contributed by atoms with E-state index in [9.17, 15) is 9.59 Å². The average molecular weight is 360 g/mol. The summed E-state index contributed by atoms with van der Waals surface area (Å²) in [5.41, 5.74) is 3.84. The molecular weight excluding hydrogens is 336 g/mol. The van der Waals surface area contributed by atoms with Crippen molar-refractivity contribution in [1.82, 2.24) is 0 Å². The molecule has 1 saturated carbocycles. The first-order valence-corrected chi connectivity index (χ1v) is 9.44. The standard InChI is InChI=1S/C23H24N2O2/c1-14-3-9-18(10-4-14)24-22(26)20-16-7-8-17(13-16)21(20)23(27)25-19-11-5-15(2)6-12-19/h3-12,16-17,20-21H,13H2,1-2H3,(H,24,26)(H,25,27)/t16-,17+,20+,21-. The Morgan fingerprint density at radius 3 is 1.44 bits per heavy atom. The highest BCUT2D eigenvalue weighted by Gasteiger charge is 2.51. The molecule has 2 aliphatic carbocycles. The molecule has 4 atom stereocenters. The fourth-order valence-electron chi connectivity index (χ4n) is 4.26. The minimum atomic E-state index is -0.327. The number of nitrogens with one attached hydrogen (secondary N) is 2. The molecule has 27 heavy (non-hydrogen) atoms. The van der Waals surface area contributed by atoms with E-state index in [1.165, 1.54) is 0 Å². The lowest BCUT2D eigenvalue weighted by Gasteiger charge is -2.26. The van der Waals surface area contributed by atoms with Gasteiger partial charge in [-0.15, -0.1) is 0 Å². The summed E-state index contributed by atoms with van der Waals surface area (Å²) in [6, 6.07) is 15.5. The summed E-state index contributed by atoms with van der Waals surface area (Å²) in [4.78, 5) is 26.0. The van der Waals surface area contributed by atoms with Crippen molar-refractivity contribution in [2.75, 3.05) is 10.6 Å². The van der Waals surface area contributed by atoms with E-state index in [1.54, 1.807) is 0 Å². The Bertz CT molecular complexity index is 810. The maximum absolute atomic E-state index is 13.0. The van der Waals surface area contributed by atoms with Crippen LogP contribution in [0, 0.1) is 37.5 Å². The molecule has 0 aromatic heterocycles. The monoisotopic (exact) mass is 360 g/mol. The third kappa shape index (κ3) is 3.52. The van der Waals surface area contributed by atoms with E-state index in [2.05, 4.69) is 22.8 Å². The van der Waals surface area contributed by atoms with E-state index in [0.717, 1.165) is 28.9 Å². The number of hydrogen-bond donors (Lipinski definition) is 2. The van der Waals surface area contributed by atoms with Crippen LogP contribution in [0.4, 0.5) is 11.4 Å². The highest BCUT2D eigenvalue weighted by atomic mass is 16.2. The van der Waals surface area contributed by atoms with E-state index in [1.807, 2.05) is 62.4 Å². The molecule has 0 aliphatic heterocycles. The quantitative estimate of drug-likeness (QED) is 0.798. The smallest absolute Gasteiger partial charge is 0.228 e. The van der Waals surface area contributed by atoms with Gasteiger partial charge in [0.15, 0.2) is 0 Å². The maximum Gasteiger partial charge on any atom is 0.228 e. The Kier molecular flexibility index (Phi) is 4.56. The zero-order chi connectivity index (χ0) is 19.0. The largest absolute Gasteiger partial charge is 0.326 e.